The highest BCUT2D eigenvalue weighted by Gasteiger charge is 2.33. The highest BCUT2D eigenvalue weighted by molar-refractivity contribution is 6.07. The summed E-state index contributed by atoms with van der Waals surface area (Å²) in [6.07, 6.45) is 2.29. The van der Waals surface area contributed by atoms with E-state index in [1.165, 1.54) is 14.2 Å². The Kier molecular flexibility index (Phi) is 7.25. The number of pyridine rings is 1. The van der Waals surface area contributed by atoms with E-state index in [0.717, 1.165) is 21.7 Å². The fourth-order valence-electron chi connectivity index (χ4n) is 4.30. The standard InChI is InChI=1S/C26H29N7O4/c1-4-19-20(16-8-9-21(22(15-16)37-3)30-25(35)31(2)28)10-11-29-24(19)33-13-12-32(26(33)36)18-7-5-6-17(14-18)23(27)34/h5-11,14-15H,4,12-13,28H2,1-3H3,(H2,27,34)(H,30,35). The molecule has 1 aromatic heterocycles. The molecule has 4 rings (SSSR count). The van der Waals surface area contributed by atoms with Crippen molar-refractivity contribution in [2.24, 2.45) is 11.6 Å². The first kappa shape index (κ1) is 25.5. The lowest BCUT2D eigenvalue weighted by atomic mass is 9.98. The largest absolute Gasteiger partial charge is 0.495 e. The van der Waals surface area contributed by atoms with Gasteiger partial charge in [0, 0.05) is 43.1 Å². The molecule has 1 aliphatic rings. The van der Waals surface area contributed by atoms with Crippen LogP contribution in [0.3, 0.4) is 0 Å². The summed E-state index contributed by atoms with van der Waals surface area (Å²) in [7, 11) is 2.96. The monoisotopic (exact) mass is 503 g/mol. The van der Waals surface area contributed by atoms with Crippen LogP contribution in [0.25, 0.3) is 11.1 Å². The number of hydrogen-bond acceptors (Lipinski definition) is 6. The third-order valence-corrected chi connectivity index (χ3v) is 6.17. The number of rotatable bonds is 7. The summed E-state index contributed by atoms with van der Waals surface area (Å²) in [5.74, 6) is 5.99. The molecule has 2 aromatic carbocycles. The number of carbonyl (C=O) groups excluding carboxylic acids is 3. The Balaban J connectivity index is 1.67. The van der Waals surface area contributed by atoms with Crippen LogP contribution in [0.15, 0.2) is 54.7 Å². The van der Waals surface area contributed by atoms with Crippen molar-refractivity contribution < 1.29 is 19.1 Å². The Morgan fingerprint density at radius 1 is 1.14 bits per heavy atom. The number of aromatic nitrogens is 1. The first-order chi connectivity index (χ1) is 17.7. The second-order valence-corrected chi connectivity index (χ2v) is 8.47. The number of anilines is 3. The van der Waals surface area contributed by atoms with E-state index >= 15 is 0 Å². The maximum Gasteiger partial charge on any atom is 0.335 e. The lowest BCUT2D eigenvalue weighted by molar-refractivity contribution is 0.1000. The molecule has 11 heteroatoms. The van der Waals surface area contributed by atoms with Crippen LogP contribution in [0.1, 0.15) is 22.8 Å². The number of hydrazine groups is 1. The molecule has 1 fully saturated rings. The second-order valence-electron chi connectivity index (χ2n) is 8.47. The van der Waals surface area contributed by atoms with Crippen molar-refractivity contribution in [1.29, 1.82) is 0 Å². The molecular formula is C26H29N7O4. The van der Waals surface area contributed by atoms with E-state index in [1.54, 1.807) is 46.3 Å². The van der Waals surface area contributed by atoms with E-state index in [1.807, 2.05) is 25.1 Å². The summed E-state index contributed by atoms with van der Waals surface area (Å²) >= 11 is 0. The Bertz CT molecular complexity index is 1360. The minimum Gasteiger partial charge on any atom is -0.495 e. The van der Waals surface area contributed by atoms with Crippen LogP contribution in [-0.4, -0.2) is 55.2 Å². The Morgan fingerprint density at radius 3 is 2.57 bits per heavy atom. The van der Waals surface area contributed by atoms with E-state index in [9.17, 15) is 14.4 Å². The average Bonchev–Trinajstić information content (AvgIpc) is 3.29. The highest BCUT2D eigenvalue weighted by Crippen LogP contribution is 2.36. The highest BCUT2D eigenvalue weighted by atomic mass is 16.5. The Hall–Kier alpha value is -4.64. The number of carbonyl (C=O) groups is 3. The molecule has 0 saturated carbocycles. The number of nitrogens with one attached hydrogen (secondary N) is 1. The van der Waals surface area contributed by atoms with Crippen LogP contribution in [0.4, 0.5) is 26.8 Å². The van der Waals surface area contributed by atoms with Gasteiger partial charge in [0.05, 0.1) is 12.8 Å². The molecule has 11 nitrogen and oxygen atoms in total. The zero-order valence-electron chi connectivity index (χ0n) is 20.9. The second kappa shape index (κ2) is 10.5. The molecule has 0 bridgehead atoms. The molecule has 0 spiro atoms. The molecule has 2 heterocycles. The quantitative estimate of drug-likeness (QED) is 0.256. The zero-order valence-corrected chi connectivity index (χ0v) is 20.9. The predicted molar refractivity (Wildman–Crippen MR) is 142 cm³/mol. The van der Waals surface area contributed by atoms with Gasteiger partial charge in [-0.15, -0.1) is 0 Å². The molecule has 0 unspecified atom stereocenters. The van der Waals surface area contributed by atoms with Gasteiger partial charge < -0.3 is 15.8 Å². The smallest absolute Gasteiger partial charge is 0.335 e. The average molecular weight is 504 g/mol. The van der Waals surface area contributed by atoms with Crippen molar-refractivity contribution in [3.05, 3.63) is 65.9 Å². The maximum absolute atomic E-state index is 13.4. The molecule has 37 heavy (non-hydrogen) atoms. The van der Waals surface area contributed by atoms with Gasteiger partial charge in [0.25, 0.3) is 0 Å². The predicted octanol–water partition coefficient (Wildman–Crippen LogP) is 3.20. The van der Waals surface area contributed by atoms with Gasteiger partial charge in [-0.25, -0.2) is 20.4 Å². The van der Waals surface area contributed by atoms with E-state index in [4.69, 9.17) is 16.3 Å². The normalized spacial score (nSPS) is 13.0. The minimum atomic E-state index is -0.552. The lowest BCUT2D eigenvalue weighted by Gasteiger charge is -2.22. The van der Waals surface area contributed by atoms with E-state index < -0.39 is 11.9 Å². The van der Waals surface area contributed by atoms with Crippen LogP contribution in [0.5, 0.6) is 5.75 Å². The van der Waals surface area contributed by atoms with Gasteiger partial charge in [0.15, 0.2) is 0 Å². The lowest BCUT2D eigenvalue weighted by Crippen LogP contribution is -2.36. The van der Waals surface area contributed by atoms with Crippen molar-refractivity contribution in [2.45, 2.75) is 13.3 Å². The van der Waals surface area contributed by atoms with Gasteiger partial charge in [-0.05, 0) is 53.9 Å². The van der Waals surface area contributed by atoms with Crippen molar-refractivity contribution in [2.75, 3.05) is 42.4 Å². The van der Waals surface area contributed by atoms with Gasteiger partial charge in [0.2, 0.25) is 5.91 Å². The summed E-state index contributed by atoms with van der Waals surface area (Å²) in [6, 6.07) is 13.3. The fraction of sp³-hybridized carbons (Fsp3) is 0.231. The molecule has 0 radical (unpaired) electrons. The molecule has 0 aliphatic carbocycles. The third-order valence-electron chi connectivity index (χ3n) is 6.17. The molecule has 192 valence electrons. The SMILES string of the molecule is CCc1c(-c2ccc(NC(=O)N(C)N)c(OC)c2)ccnc1N1CCN(c2cccc(C(N)=O)c2)C1=O. The number of urea groups is 2. The van der Waals surface area contributed by atoms with Gasteiger partial charge >= 0.3 is 12.1 Å². The molecule has 1 saturated heterocycles. The van der Waals surface area contributed by atoms with Gasteiger partial charge in [0.1, 0.15) is 11.6 Å². The topological polar surface area (TPSA) is 147 Å². The minimum absolute atomic E-state index is 0.234. The third kappa shape index (κ3) is 5.02. The van der Waals surface area contributed by atoms with Crippen LogP contribution < -0.4 is 31.4 Å². The van der Waals surface area contributed by atoms with Gasteiger partial charge in [-0.1, -0.05) is 19.1 Å². The number of methoxy groups -OCH3 is 1. The Morgan fingerprint density at radius 2 is 1.89 bits per heavy atom. The molecule has 3 aromatic rings. The van der Waals surface area contributed by atoms with Crippen molar-refractivity contribution in [1.82, 2.24) is 9.99 Å². The molecule has 5 N–H and O–H groups in total. The molecule has 0 atom stereocenters. The summed E-state index contributed by atoms with van der Waals surface area (Å²) in [5.41, 5.74) is 9.45. The molecule has 1 aliphatic heterocycles. The van der Waals surface area contributed by atoms with Crippen LogP contribution >= 0.6 is 0 Å². The van der Waals surface area contributed by atoms with Crippen molar-refractivity contribution in [3.8, 4) is 16.9 Å². The first-order valence-electron chi connectivity index (χ1n) is 11.7. The van der Waals surface area contributed by atoms with Crippen molar-refractivity contribution >= 4 is 35.2 Å². The van der Waals surface area contributed by atoms with Gasteiger partial charge in [-0.3, -0.25) is 19.6 Å². The number of primary amides is 1. The number of amides is 5. The Labute approximate surface area is 214 Å². The zero-order chi connectivity index (χ0) is 26.7. The summed E-state index contributed by atoms with van der Waals surface area (Å²) in [4.78, 5) is 44.8. The van der Waals surface area contributed by atoms with Crippen LogP contribution in [0, 0.1) is 0 Å². The summed E-state index contributed by atoms with van der Waals surface area (Å²) < 4.78 is 5.50. The van der Waals surface area contributed by atoms with Gasteiger partial charge in [-0.2, -0.15) is 0 Å². The van der Waals surface area contributed by atoms with Crippen LogP contribution in [-0.2, 0) is 6.42 Å². The number of hydrogen-bond donors (Lipinski definition) is 3. The number of nitrogens with two attached hydrogens (primary N) is 2. The van der Waals surface area contributed by atoms with E-state index in [0.29, 0.717) is 48.0 Å². The fourth-order valence-corrected chi connectivity index (χ4v) is 4.30. The number of ether oxygens (including phenoxy) is 1. The molecule has 5 amide bonds. The summed E-state index contributed by atoms with van der Waals surface area (Å²) in [6.45, 7) is 2.87. The molecular weight excluding hydrogens is 474 g/mol. The number of nitrogens with zero attached hydrogens (tertiary/aromatic N) is 4. The van der Waals surface area contributed by atoms with E-state index in [-0.39, 0.29) is 6.03 Å². The van der Waals surface area contributed by atoms with Crippen LogP contribution in [0.2, 0.25) is 0 Å². The first-order valence-corrected chi connectivity index (χ1v) is 11.7. The summed E-state index contributed by atoms with van der Waals surface area (Å²) in [5, 5.41) is 3.64. The maximum atomic E-state index is 13.4. The van der Waals surface area contributed by atoms with Crippen molar-refractivity contribution in [3.63, 3.8) is 0 Å². The number of benzene rings is 2. The van der Waals surface area contributed by atoms with E-state index in [2.05, 4.69) is 10.3 Å².